The second-order valence-corrected chi connectivity index (χ2v) is 10.5. The molecule has 4 aliphatic rings. The number of aryl methyl sites for hydroxylation is 1. The van der Waals surface area contributed by atoms with E-state index in [1.807, 2.05) is 17.9 Å². The molecule has 5 heteroatoms. The van der Waals surface area contributed by atoms with Gasteiger partial charge in [-0.2, -0.15) is 0 Å². The van der Waals surface area contributed by atoms with Gasteiger partial charge in [0.05, 0.1) is 0 Å². The molecule has 4 heterocycles. The summed E-state index contributed by atoms with van der Waals surface area (Å²) in [5.41, 5.74) is 0.871. The lowest BCUT2D eigenvalue weighted by Crippen LogP contribution is -2.64. The molecule has 4 fully saturated rings. The minimum absolute atomic E-state index is 0.0633. The van der Waals surface area contributed by atoms with Crippen molar-refractivity contribution in [2.45, 2.75) is 83.2 Å². The zero-order valence-corrected chi connectivity index (χ0v) is 18.4. The number of fused-ring (bicyclic) bond motifs is 4. The maximum absolute atomic E-state index is 13.3. The number of H-pyrrole nitrogens is 1. The summed E-state index contributed by atoms with van der Waals surface area (Å²) in [7, 11) is 0. The number of nitrogens with zero attached hydrogens (tertiary/aromatic N) is 2. The lowest BCUT2D eigenvalue weighted by atomic mass is 9.69. The smallest absolute Gasteiger partial charge is 0.260 e. The Morgan fingerprint density at radius 1 is 1.03 bits per heavy atom. The van der Waals surface area contributed by atoms with E-state index in [0.717, 1.165) is 24.7 Å². The molecule has 5 rings (SSSR count). The molecule has 2 bridgehead atoms. The molecular formula is C25H37N3O2. The Morgan fingerprint density at radius 3 is 2.60 bits per heavy atom. The highest BCUT2D eigenvalue weighted by atomic mass is 16.2. The Balaban J connectivity index is 1.38. The van der Waals surface area contributed by atoms with Crippen LogP contribution in [0.4, 0.5) is 0 Å². The molecule has 0 spiro atoms. The summed E-state index contributed by atoms with van der Waals surface area (Å²) in [5.74, 6) is 1.94. The second-order valence-electron chi connectivity index (χ2n) is 10.5. The highest BCUT2D eigenvalue weighted by Gasteiger charge is 2.48. The number of aromatic amines is 1. The van der Waals surface area contributed by atoms with Crippen molar-refractivity contribution >= 4 is 5.91 Å². The first-order valence-electron chi connectivity index (χ1n) is 12.3. The van der Waals surface area contributed by atoms with E-state index in [4.69, 9.17) is 0 Å². The Hall–Kier alpha value is -1.62. The third kappa shape index (κ3) is 3.86. The van der Waals surface area contributed by atoms with Gasteiger partial charge in [-0.05, 0) is 69.0 Å². The fourth-order valence-corrected chi connectivity index (χ4v) is 7.07. The van der Waals surface area contributed by atoms with Gasteiger partial charge in [-0.15, -0.1) is 0 Å². The molecule has 0 radical (unpaired) electrons. The van der Waals surface area contributed by atoms with Gasteiger partial charge >= 0.3 is 0 Å². The maximum atomic E-state index is 13.3. The van der Waals surface area contributed by atoms with E-state index in [2.05, 4.69) is 9.88 Å². The number of aromatic nitrogens is 1. The number of piperidine rings is 3. The molecule has 3 aliphatic heterocycles. The van der Waals surface area contributed by atoms with E-state index in [-0.39, 0.29) is 11.5 Å². The standard InChI is InChI=1S/C25H37N3O2/c1-17-10-11-21(24(29)26-17)25(30)27-15-19-14-20(16-27)23(13-18-7-3-2-4-8-18)28-12-6-5-9-22(19)28/h10-11,18-20,22-23H,2-9,12-16H2,1H3,(H,26,29)/t19-,20+,22+,23+/m1/s1. The van der Waals surface area contributed by atoms with E-state index < -0.39 is 0 Å². The first-order valence-corrected chi connectivity index (χ1v) is 12.3. The predicted octanol–water partition coefficient (Wildman–Crippen LogP) is 3.97. The summed E-state index contributed by atoms with van der Waals surface area (Å²) in [5, 5.41) is 0. The zero-order chi connectivity index (χ0) is 20.7. The third-order valence-corrected chi connectivity index (χ3v) is 8.49. The zero-order valence-electron chi connectivity index (χ0n) is 18.4. The van der Waals surface area contributed by atoms with Crippen LogP contribution in [0.2, 0.25) is 0 Å². The second kappa shape index (κ2) is 8.49. The van der Waals surface area contributed by atoms with Crippen LogP contribution in [0.5, 0.6) is 0 Å². The lowest BCUT2D eigenvalue weighted by molar-refractivity contribution is -0.0725. The van der Waals surface area contributed by atoms with Gasteiger partial charge in [0.1, 0.15) is 5.56 Å². The summed E-state index contributed by atoms with van der Waals surface area (Å²) in [6, 6.07) is 4.82. The molecule has 1 aromatic rings. The van der Waals surface area contributed by atoms with E-state index in [0.29, 0.717) is 29.5 Å². The summed E-state index contributed by atoms with van der Waals surface area (Å²) in [4.78, 5) is 33.4. The molecule has 4 atom stereocenters. The quantitative estimate of drug-likeness (QED) is 0.819. The number of hydrogen-bond acceptors (Lipinski definition) is 3. The van der Waals surface area contributed by atoms with Gasteiger partial charge in [0, 0.05) is 30.9 Å². The number of carbonyl (C=O) groups excluding carboxylic acids is 1. The monoisotopic (exact) mass is 411 g/mol. The predicted molar refractivity (Wildman–Crippen MR) is 119 cm³/mol. The van der Waals surface area contributed by atoms with Crippen molar-refractivity contribution < 1.29 is 4.79 Å². The van der Waals surface area contributed by atoms with E-state index in [1.54, 1.807) is 6.07 Å². The summed E-state index contributed by atoms with van der Waals surface area (Å²) < 4.78 is 0. The number of hydrogen-bond donors (Lipinski definition) is 1. The molecule has 0 aromatic carbocycles. The largest absolute Gasteiger partial charge is 0.338 e. The fraction of sp³-hybridized carbons (Fsp3) is 0.760. The van der Waals surface area contributed by atoms with Crippen LogP contribution in [0.1, 0.15) is 80.3 Å². The first kappa shape index (κ1) is 20.3. The van der Waals surface area contributed by atoms with Crippen LogP contribution in [-0.2, 0) is 0 Å². The van der Waals surface area contributed by atoms with Gasteiger partial charge in [0.15, 0.2) is 0 Å². The molecule has 5 nitrogen and oxygen atoms in total. The van der Waals surface area contributed by atoms with Gasteiger partial charge < -0.3 is 9.88 Å². The van der Waals surface area contributed by atoms with Crippen LogP contribution in [0.25, 0.3) is 0 Å². The number of nitrogens with one attached hydrogen (secondary N) is 1. The highest BCUT2D eigenvalue weighted by Crippen LogP contribution is 2.44. The van der Waals surface area contributed by atoms with Crippen LogP contribution < -0.4 is 5.56 Å². The first-order chi connectivity index (χ1) is 14.6. The highest BCUT2D eigenvalue weighted by molar-refractivity contribution is 5.94. The topological polar surface area (TPSA) is 56.4 Å². The minimum atomic E-state index is -0.242. The average Bonchev–Trinajstić information content (AvgIpc) is 2.77. The van der Waals surface area contributed by atoms with Crippen molar-refractivity contribution in [2.24, 2.45) is 17.8 Å². The van der Waals surface area contributed by atoms with Crippen LogP contribution in [0.3, 0.4) is 0 Å². The van der Waals surface area contributed by atoms with Gasteiger partial charge in [-0.1, -0.05) is 38.5 Å². The molecule has 30 heavy (non-hydrogen) atoms. The molecule has 1 N–H and O–H groups in total. The lowest BCUT2D eigenvalue weighted by Gasteiger charge is -2.57. The van der Waals surface area contributed by atoms with Gasteiger partial charge in [0.2, 0.25) is 0 Å². The Kier molecular flexibility index (Phi) is 5.74. The van der Waals surface area contributed by atoms with Crippen molar-refractivity contribution in [2.75, 3.05) is 19.6 Å². The van der Waals surface area contributed by atoms with Crippen LogP contribution in [-0.4, -0.2) is 52.4 Å². The molecule has 3 saturated heterocycles. The number of carbonyl (C=O) groups is 1. The van der Waals surface area contributed by atoms with Crippen molar-refractivity contribution in [3.05, 3.63) is 33.7 Å². The minimum Gasteiger partial charge on any atom is -0.338 e. The molecular weight excluding hydrogens is 374 g/mol. The fourth-order valence-electron chi connectivity index (χ4n) is 7.07. The van der Waals surface area contributed by atoms with Crippen molar-refractivity contribution in [1.82, 2.24) is 14.8 Å². The number of likely N-dealkylation sites (tertiary alicyclic amines) is 1. The summed E-state index contributed by atoms with van der Waals surface area (Å²) in [6.07, 6.45) is 13.5. The van der Waals surface area contributed by atoms with Crippen molar-refractivity contribution in [3.63, 3.8) is 0 Å². The number of amides is 1. The van der Waals surface area contributed by atoms with Gasteiger partial charge in [-0.25, -0.2) is 0 Å². The normalized spacial score (nSPS) is 32.6. The molecule has 1 amide bonds. The van der Waals surface area contributed by atoms with Crippen molar-refractivity contribution in [1.29, 1.82) is 0 Å². The Morgan fingerprint density at radius 2 is 1.80 bits per heavy atom. The SMILES string of the molecule is Cc1ccc(C(=O)N2C[C@H]3C[C@@H](C2)[C@H](CC2CCCCC2)N2CCCC[C@@H]32)c(=O)[nH]1. The van der Waals surface area contributed by atoms with Gasteiger partial charge in [0.25, 0.3) is 11.5 Å². The number of rotatable bonds is 3. The van der Waals surface area contributed by atoms with Gasteiger partial charge in [-0.3, -0.25) is 14.5 Å². The molecule has 1 aromatic heterocycles. The van der Waals surface area contributed by atoms with Crippen LogP contribution in [0.15, 0.2) is 16.9 Å². The van der Waals surface area contributed by atoms with E-state index in [9.17, 15) is 9.59 Å². The van der Waals surface area contributed by atoms with Crippen molar-refractivity contribution in [3.8, 4) is 0 Å². The summed E-state index contributed by atoms with van der Waals surface area (Å²) in [6.45, 7) is 4.75. The molecule has 0 unspecified atom stereocenters. The van der Waals surface area contributed by atoms with Crippen LogP contribution in [0, 0.1) is 24.7 Å². The average molecular weight is 412 g/mol. The molecule has 164 valence electrons. The van der Waals surface area contributed by atoms with Crippen LogP contribution >= 0.6 is 0 Å². The van der Waals surface area contributed by atoms with E-state index >= 15 is 0 Å². The Labute approximate surface area is 180 Å². The third-order valence-electron chi connectivity index (χ3n) is 8.49. The number of pyridine rings is 1. The maximum Gasteiger partial charge on any atom is 0.260 e. The summed E-state index contributed by atoms with van der Waals surface area (Å²) >= 11 is 0. The van der Waals surface area contributed by atoms with E-state index in [1.165, 1.54) is 70.8 Å². The molecule has 1 saturated carbocycles. The Bertz CT molecular complexity index is 828. The molecule has 1 aliphatic carbocycles.